The Balaban J connectivity index is 1.48. The van der Waals surface area contributed by atoms with Gasteiger partial charge in [0.05, 0.1) is 23.0 Å². The Morgan fingerprint density at radius 3 is 2.62 bits per heavy atom. The number of carbonyl (C=O) groups is 1. The van der Waals surface area contributed by atoms with Crippen LogP contribution in [0.25, 0.3) is 0 Å². The SMILES string of the molecule is O=C(Cn1cnc(C2CC2)cc1=O)N1CCC(c2ccccc2Cl)S(=O)(=O)CC1. The smallest absolute Gasteiger partial charge is 0.254 e. The lowest BCUT2D eigenvalue weighted by Crippen LogP contribution is -2.38. The molecule has 29 heavy (non-hydrogen) atoms. The van der Waals surface area contributed by atoms with Crippen LogP contribution in [0.4, 0.5) is 0 Å². The van der Waals surface area contributed by atoms with E-state index in [0.717, 1.165) is 18.5 Å². The van der Waals surface area contributed by atoms with Crippen molar-refractivity contribution < 1.29 is 13.2 Å². The number of benzene rings is 1. The Labute approximate surface area is 174 Å². The van der Waals surface area contributed by atoms with Crippen molar-refractivity contribution in [3.05, 3.63) is 63.3 Å². The molecule has 1 saturated heterocycles. The monoisotopic (exact) mass is 435 g/mol. The molecule has 0 N–H and O–H groups in total. The first-order valence-electron chi connectivity index (χ1n) is 9.65. The van der Waals surface area contributed by atoms with Crippen molar-refractivity contribution in [2.45, 2.75) is 37.0 Å². The molecule has 7 nitrogen and oxygen atoms in total. The first kappa shape index (κ1) is 20.1. The van der Waals surface area contributed by atoms with Gasteiger partial charge in [0, 0.05) is 30.1 Å². The highest BCUT2D eigenvalue weighted by atomic mass is 35.5. The van der Waals surface area contributed by atoms with Gasteiger partial charge < -0.3 is 4.90 Å². The third-order valence-corrected chi connectivity index (χ3v) is 8.00. The Morgan fingerprint density at radius 1 is 1.17 bits per heavy atom. The second-order valence-electron chi connectivity index (χ2n) is 7.60. The first-order chi connectivity index (χ1) is 13.8. The summed E-state index contributed by atoms with van der Waals surface area (Å²) < 4.78 is 26.8. The summed E-state index contributed by atoms with van der Waals surface area (Å²) in [6.07, 6.45) is 3.77. The van der Waals surface area contributed by atoms with E-state index >= 15 is 0 Å². The van der Waals surface area contributed by atoms with Gasteiger partial charge in [0.15, 0.2) is 9.84 Å². The number of hydrogen-bond acceptors (Lipinski definition) is 5. The van der Waals surface area contributed by atoms with Gasteiger partial charge in [-0.2, -0.15) is 0 Å². The van der Waals surface area contributed by atoms with Crippen molar-refractivity contribution in [3.63, 3.8) is 0 Å². The summed E-state index contributed by atoms with van der Waals surface area (Å²) in [6.45, 7) is 0.244. The summed E-state index contributed by atoms with van der Waals surface area (Å²) in [5, 5.41) is -0.328. The van der Waals surface area contributed by atoms with Crippen LogP contribution in [0.5, 0.6) is 0 Å². The molecule has 2 heterocycles. The summed E-state index contributed by atoms with van der Waals surface area (Å²) >= 11 is 6.21. The molecule has 0 radical (unpaired) electrons. The van der Waals surface area contributed by atoms with Crippen LogP contribution in [0.1, 0.15) is 41.7 Å². The molecule has 2 aliphatic rings. The van der Waals surface area contributed by atoms with Gasteiger partial charge in [-0.15, -0.1) is 0 Å². The molecule has 1 aromatic carbocycles. The van der Waals surface area contributed by atoms with Crippen LogP contribution in [-0.2, 0) is 21.2 Å². The number of amides is 1. The zero-order chi connectivity index (χ0) is 20.6. The standard InChI is InChI=1S/C20H22ClN3O4S/c21-16-4-2-1-3-15(16)18-7-8-23(9-10-29(18,27)28)20(26)12-24-13-22-17(11-19(24)25)14-5-6-14/h1-4,11,13-14,18H,5-10,12H2. The van der Waals surface area contributed by atoms with E-state index < -0.39 is 15.1 Å². The van der Waals surface area contributed by atoms with Crippen LogP contribution < -0.4 is 5.56 Å². The van der Waals surface area contributed by atoms with E-state index in [2.05, 4.69) is 4.98 Å². The summed E-state index contributed by atoms with van der Waals surface area (Å²) in [5.74, 6) is -0.0590. The van der Waals surface area contributed by atoms with Crippen molar-refractivity contribution in [1.29, 1.82) is 0 Å². The highest BCUT2D eigenvalue weighted by Crippen LogP contribution is 2.38. The summed E-state index contributed by atoms with van der Waals surface area (Å²) in [7, 11) is -3.45. The number of rotatable bonds is 4. The minimum atomic E-state index is -3.45. The maximum absolute atomic E-state index is 12.8. The number of aromatic nitrogens is 2. The fourth-order valence-electron chi connectivity index (χ4n) is 3.69. The molecular formula is C20H22ClN3O4S. The molecule has 4 rings (SSSR count). The summed E-state index contributed by atoms with van der Waals surface area (Å²) in [4.78, 5) is 30.8. The fraction of sp³-hybridized carbons (Fsp3) is 0.450. The lowest BCUT2D eigenvalue weighted by molar-refractivity contribution is -0.131. The number of nitrogens with zero attached hydrogens (tertiary/aromatic N) is 3. The minimum absolute atomic E-state index is 0.102. The number of carbonyl (C=O) groups excluding carboxylic acids is 1. The van der Waals surface area contributed by atoms with Gasteiger partial charge in [-0.1, -0.05) is 29.8 Å². The van der Waals surface area contributed by atoms with E-state index in [-0.39, 0.29) is 43.3 Å². The average molecular weight is 436 g/mol. The molecule has 0 bridgehead atoms. The van der Waals surface area contributed by atoms with E-state index in [1.54, 1.807) is 24.3 Å². The second kappa shape index (κ2) is 7.91. The van der Waals surface area contributed by atoms with Gasteiger partial charge in [0.2, 0.25) is 5.91 Å². The molecular weight excluding hydrogens is 414 g/mol. The molecule has 1 amide bonds. The second-order valence-corrected chi connectivity index (χ2v) is 10.3. The molecule has 2 aromatic rings. The number of hydrogen-bond donors (Lipinski definition) is 0. The number of halogens is 1. The molecule has 1 unspecified atom stereocenters. The van der Waals surface area contributed by atoms with Crippen molar-refractivity contribution in [3.8, 4) is 0 Å². The maximum Gasteiger partial charge on any atom is 0.254 e. The normalized spacial score (nSPS) is 21.6. The molecule has 1 aliphatic carbocycles. The van der Waals surface area contributed by atoms with Gasteiger partial charge in [-0.05, 0) is 30.9 Å². The minimum Gasteiger partial charge on any atom is -0.340 e. The number of sulfone groups is 1. The summed E-state index contributed by atoms with van der Waals surface area (Å²) in [6, 6.07) is 8.39. The van der Waals surface area contributed by atoms with Crippen LogP contribution >= 0.6 is 11.6 Å². The highest BCUT2D eigenvalue weighted by molar-refractivity contribution is 7.91. The Morgan fingerprint density at radius 2 is 1.93 bits per heavy atom. The molecule has 154 valence electrons. The molecule has 0 spiro atoms. The van der Waals surface area contributed by atoms with Crippen molar-refractivity contribution in [1.82, 2.24) is 14.5 Å². The molecule has 1 aromatic heterocycles. The van der Waals surface area contributed by atoms with Crippen molar-refractivity contribution in [2.75, 3.05) is 18.8 Å². The third-order valence-electron chi connectivity index (χ3n) is 5.55. The molecule has 1 saturated carbocycles. The Bertz CT molecular complexity index is 1090. The largest absolute Gasteiger partial charge is 0.340 e. The van der Waals surface area contributed by atoms with Crippen LogP contribution in [0, 0.1) is 0 Å². The predicted octanol–water partition coefficient (Wildman–Crippen LogP) is 2.16. The molecule has 1 aliphatic heterocycles. The van der Waals surface area contributed by atoms with Crippen molar-refractivity contribution in [2.24, 2.45) is 0 Å². The van der Waals surface area contributed by atoms with E-state index in [9.17, 15) is 18.0 Å². The molecule has 2 fully saturated rings. The fourth-order valence-corrected chi connectivity index (χ4v) is 5.83. The zero-order valence-electron chi connectivity index (χ0n) is 15.8. The van der Waals surface area contributed by atoms with E-state index in [0.29, 0.717) is 16.5 Å². The van der Waals surface area contributed by atoms with Gasteiger partial charge >= 0.3 is 0 Å². The van der Waals surface area contributed by atoms with Gasteiger partial charge in [0.1, 0.15) is 6.54 Å². The highest BCUT2D eigenvalue weighted by Gasteiger charge is 2.34. The van der Waals surface area contributed by atoms with E-state index in [1.807, 2.05) is 0 Å². The third kappa shape index (κ3) is 4.38. The summed E-state index contributed by atoms with van der Waals surface area (Å²) in [5.41, 5.74) is 1.09. The molecule has 1 atom stereocenters. The lowest BCUT2D eigenvalue weighted by Gasteiger charge is -2.20. The van der Waals surface area contributed by atoms with Gasteiger partial charge in [-0.25, -0.2) is 13.4 Å². The predicted molar refractivity (Wildman–Crippen MR) is 110 cm³/mol. The topological polar surface area (TPSA) is 89.3 Å². The lowest BCUT2D eigenvalue weighted by atomic mass is 10.1. The molecule has 9 heteroatoms. The zero-order valence-corrected chi connectivity index (χ0v) is 17.4. The van der Waals surface area contributed by atoms with Gasteiger partial charge in [0.25, 0.3) is 5.56 Å². The average Bonchev–Trinajstić information content (AvgIpc) is 3.52. The van der Waals surface area contributed by atoms with Crippen LogP contribution in [0.2, 0.25) is 5.02 Å². The van der Waals surface area contributed by atoms with E-state index in [1.165, 1.54) is 21.9 Å². The van der Waals surface area contributed by atoms with Crippen LogP contribution in [0.3, 0.4) is 0 Å². The quantitative estimate of drug-likeness (QED) is 0.734. The van der Waals surface area contributed by atoms with Crippen molar-refractivity contribution >= 4 is 27.3 Å². The van der Waals surface area contributed by atoms with Gasteiger partial charge in [-0.3, -0.25) is 14.2 Å². The first-order valence-corrected chi connectivity index (χ1v) is 11.7. The Kier molecular flexibility index (Phi) is 5.48. The van der Waals surface area contributed by atoms with Crippen LogP contribution in [0.15, 0.2) is 41.5 Å². The maximum atomic E-state index is 12.8. The Hall–Kier alpha value is -2.19. The van der Waals surface area contributed by atoms with E-state index in [4.69, 9.17) is 11.6 Å². The van der Waals surface area contributed by atoms with Crippen LogP contribution in [-0.4, -0.2) is 47.6 Å².